The molecule has 20 heavy (non-hydrogen) atoms. The Balaban J connectivity index is 2.53. The predicted octanol–water partition coefficient (Wildman–Crippen LogP) is 2.74. The highest BCUT2D eigenvalue weighted by molar-refractivity contribution is 7.80. The average molecular weight is 306 g/mol. The first-order valence-electron chi connectivity index (χ1n) is 6.20. The zero-order chi connectivity index (χ0) is 14.7. The molecular weight excluding hydrogens is 292 g/mol. The molecule has 1 aromatic rings. The van der Waals surface area contributed by atoms with Gasteiger partial charge in [0.25, 0.3) is 0 Å². The van der Waals surface area contributed by atoms with Crippen LogP contribution in [0.5, 0.6) is 0 Å². The Morgan fingerprint density at radius 3 is 2.95 bits per heavy atom. The zero-order valence-electron chi connectivity index (χ0n) is 11.2. The molecular formula is C14H14N2O2S2. The molecule has 104 valence electrons. The van der Waals surface area contributed by atoms with Crippen LogP contribution in [0.25, 0.3) is 0 Å². The first-order chi connectivity index (χ1) is 9.60. The molecule has 6 heteroatoms. The van der Waals surface area contributed by atoms with Gasteiger partial charge in [-0.3, -0.25) is 0 Å². The lowest BCUT2D eigenvalue weighted by molar-refractivity contribution is -0.139. The first-order valence-corrected chi connectivity index (χ1v) is 7.55. The maximum absolute atomic E-state index is 12.2. The fourth-order valence-electron chi connectivity index (χ4n) is 2.31. The average Bonchev–Trinajstić information content (AvgIpc) is 2.91. The summed E-state index contributed by atoms with van der Waals surface area (Å²) in [6.45, 7) is 3.84. The van der Waals surface area contributed by atoms with Crippen LogP contribution >= 0.6 is 23.6 Å². The van der Waals surface area contributed by atoms with Crippen molar-refractivity contribution in [2.45, 2.75) is 19.8 Å². The summed E-state index contributed by atoms with van der Waals surface area (Å²) in [5.74, 6) is -1.31. The fraction of sp³-hybridized carbons (Fsp3) is 0.357. The molecule has 2 rings (SSSR count). The van der Waals surface area contributed by atoms with Crippen LogP contribution in [0.1, 0.15) is 25.3 Å². The van der Waals surface area contributed by atoms with E-state index in [0.29, 0.717) is 22.9 Å². The Morgan fingerprint density at radius 1 is 1.65 bits per heavy atom. The van der Waals surface area contributed by atoms with Gasteiger partial charge in [0.2, 0.25) is 0 Å². The third kappa shape index (κ3) is 2.60. The second-order valence-corrected chi connectivity index (χ2v) is 5.61. The van der Waals surface area contributed by atoms with Crippen molar-refractivity contribution in [2.24, 2.45) is 5.92 Å². The minimum atomic E-state index is -0.553. The number of carbonyl (C=O) groups excluding carboxylic acids is 1. The Labute approximate surface area is 127 Å². The van der Waals surface area contributed by atoms with Crippen molar-refractivity contribution in [3.8, 4) is 6.07 Å². The van der Waals surface area contributed by atoms with E-state index < -0.39 is 11.9 Å². The van der Waals surface area contributed by atoms with Crippen LogP contribution in [0.15, 0.2) is 28.1 Å². The SMILES string of the molecule is CCOC(=O)C1=C(C)NC(=S)[C@H](C#N)[C@@H]1c1ccsc1. The number of carbonyl (C=O) groups is 1. The van der Waals surface area contributed by atoms with Crippen LogP contribution in [0.2, 0.25) is 0 Å². The number of ether oxygens (including phenoxy) is 1. The van der Waals surface area contributed by atoms with Crippen molar-refractivity contribution in [3.63, 3.8) is 0 Å². The van der Waals surface area contributed by atoms with Gasteiger partial charge in [-0.2, -0.15) is 16.6 Å². The van der Waals surface area contributed by atoms with Gasteiger partial charge < -0.3 is 10.1 Å². The van der Waals surface area contributed by atoms with Gasteiger partial charge in [-0.25, -0.2) is 4.79 Å². The molecule has 2 heterocycles. The van der Waals surface area contributed by atoms with Crippen molar-refractivity contribution >= 4 is 34.5 Å². The monoisotopic (exact) mass is 306 g/mol. The summed E-state index contributed by atoms with van der Waals surface area (Å²) in [6.07, 6.45) is 0. The number of rotatable bonds is 3. The first kappa shape index (κ1) is 14.7. The lowest BCUT2D eigenvalue weighted by Crippen LogP contribution is -2.40. The summed E-state index contributed by atoms with van der Waals surface area (Å²) >= 11 is 6.77. The maximum Gasteiger partial charge on any atom is 0.336 e. The van der Waals surface area contributed by atoms with Gasteiger partial charge in [0, 0.05) is 11.6 Å². The summed E-state index contributed by atoms with van der Waals surface area (Å²) in [5.41, 5.74) is 2.08. The van der Waals surface area contributed by atoms with Gasteiger partial charge in [0.05, 0.1) is 23.2 Å². The highest BCUT2D eigenvalue weighted by Gasteiger charge is 2.39. The predicted molar refractivity (Wildman–Crippen MR) is 81.2 cm³/mol. The number of esters is 1. The summed E-state index contributed by atoms with van der Waals surface area (Å²) in [6, 6.07) is 4.12. The molecule has 0 fully saturated rings. The molecule has 1 aliphatic heterocycles. The number of nitrogens with zero attached hydrogens (tertiary/aromatic N) is 1. The van der Waals surface area contributed by atoms with E-state index in [1.807, 2.05) is 16.8 Å². The summed E-state index contributed by atoms with van der Waals surface area (Å²) in [5, 5.41) is 16.2. The molecule has 0 unspecified atom stereocenters. The van der Waals surface area contributed by atoms with Crippen molar-refractivity contribution in [2.75, 3.05) is 6.61 Å². The molecule has 0 saturated carbocycles. The Hall–Kier alpha value is -1.71. The lowest BCUT2D eigenvalue weighted by atomic mass is 9.79. The van der Waals surface area contributed by atoms with E-state index >= 15 is 0 Å². The van der Waals surface area contributed by atoms with Crippen molar-refractivity contribution < 1.29 is 9.53 Å². The number of allylic oxidation sites excluding steroid dienone is 1. The highest BCUT2D eigenvalue weighted by Crippen LogP contribution is 2.38. The van der Waals surface area contributed by atoms with Crippen LogP contribution in [0.4, 0.5) is 0 Å². The fourth-order valence-corrected chi connectivity index (χ4v) is 3.35. The van der Waals surface area contributed by atoms with Crippen LogP contribution < -0.4 is 5.32 Å². The van der Waals surface area contributed by atoms with E-state index in [9.17, 15) is 10.1 Å². The maximum atomic E-state index is 12.2. The molecule has 0 amide bonds. The number of hydrogen-bond donors (Lipinski definition) is 1. The number of hydrogen-bond acceptors (Lipinski definition) is 5. The number of thiophene rings is 1. The van der Waals surface area contributed by atoms with E-state index in [0.717, 1.165) is 5.56 Å². The van der Waals surface area contributed by atoms with E-state index in [1.54, 1.807) is 13.8 Å². The normalized spacial score (nSPS) is 22.1. The highest BCUT2D eigenvalue weighted by atomic mass is 32.1. The third-order valence-electron chi connectivity index (χ3n) is 3.18. The van der Waals surface area contributed by atoms with E-state index in [-0.39, 0.29) is 5.92 Å². The summed E-state index contributed by atoms with van der Waals surface area (Å²) in [4.78, 5) is 12.7. The number of thiocarbonyl (C=S) groups is 1. The van der Waals surface area contributed by atoms with Crippen molar-refractivity contribution in [1.29, 1.82) is 5.26 Å². The molecule has 0 radical (unpaired) electrons. The molecule has 0 aliphatic carbocycles. The summed E-state index contributed by atoms with van der Waals surface area (Å²) < 4.78 is 5.12. The van der Waals surface area contributed by atoms with Gasteiger partial charge >= 0.3 is 5.97 Å². The van der Waals surface area contributed by atoms with Gasteiger partial charge in [-0.1, -0.05) is 12.2 Å². The minimum Gasteiger partial charge on any atom is -0.463 e. The van der Waals surface area contributed by atoms with Crippen LogP contribution in [0, 0.1) is 17.2 Å². The largest absolute Gasteiger partial charge is 0.463 e. The van der Waals surface area contributed by atoms with Gasteiger partial charge in [-0.15, -0.1) is 0 Å². The Bertz CT molecular complexity index is 599. The molecule has 0 bridgehead atoms. The molecule has 0 saturated heterocycles. The third-order valence-corrected chi connectivity index (χ3v) is 4.24. The van der Waals surface area contributed by atoms with E-state index in [2.05, 4.69) is 11.4 Å². The summed E-state index contributed by atoms with van der Waals surface area (Å²) in [7, 11) is 0. The molecule has 0 aromatic carbocycles. The van der Waals surface area contributed by atoms with Crippen molar-refractivity contribution in [3.05, 3.63) is 33.7 Å². The van der Waals surface area contributed by atoms with Gasteiger partial charge in [-0.05, 0) is 36.2 Å². The zero-order valence-corrected chi connectivity index (χ0v) is 12.8. The quantitative estimate of drug-likeness (QED) is 0.687. The number of nitrogens with one attached hydrogen (secondary N) is 1. The van der Waals surface area contributed by atoms with Crippen LogP contribution in [-0.2, 0) is 9.53 Å². The minimum absolute atomic E-state index is 0.299. The molecule has 1 N–H and O–H groups in total. The lowest BCUT2D eigenvalue weighted by Gasteiger charge is -2.31. The molecule has 0 spiro atoms. The van der Waals surface area contributed by atoms with Gasteiger partial charge in [0.15, 0.2) is 0 Å². The molecule has 2 atom stereocenters. The van der Waals surface area contributed by atoms with Crippen LogP contribution in [0.3, 0.4) is 0 Å². The van der Waals surface area contributed by atoms with E-state index in [1.165, 1.54) is 11.3 Å². The molecule has 1 aromatic heterocycles. The second kappa shape index (κ2) is 6.16. The van der Waals surface area contributed by atoms with Crippen LogP contribution in [-0.4, -0.2) is 17.6 Å². The van der Waals surface area contributed by atoms with Gasteiger partial charge in [0.1, 0.15) is 5.92 Å². The standard InChI is InChI=1S/C14H14N2O2S2/c1-3-18-14(17)11-8(2)16-13(19)10(6-15)12(11)9-4-5-20-7-9/h4-5,7,10,12H,3H2,1-2H3,(H,16,19)/t10-,12+/m1/s1. The van der Waals surface area contributed by atoms with E-state index in [4.69, 9.17) is 17.0 Å². The smallest absolute Gasteiger partial charge is 0.336 e. The van der Waals surface area contributed by atoms with Crippen molar-refractivity contribution in [1.82, 2.24) is 5.32 Å². The Morgan fingerprint density at radius 2 is 2.40 bits per heavy atom. The topological polar surface area (TPSA) is 62.1 Å². The molecule has 1 aliphatic rings. The second-order valence-electron chi connectivity index (χ2n) is 4.39. The Kier molecular flexibility index (Phi) is 4.53. The number of nitriles is 1. The molecule has 4 nitrogen and oxygen atoms in total.